The van der Waals surface area contributed by atoms with Crippen LogP contribution in [0.15, 0.2) is 71.5 Å². The van der Waals surface area contributed by atoms with Gasteiger partial charge in [0, 0.05) is 18.8 Å². The topological polar surface area (TPSA) is 123 Å². The summed E-state index contributed by atoms with van der Waals surface area (Å²) in [5, 5.41) is 3.78. The number of carbonyl (C=O) groups is 1. The molecule has 0 saturated heterocycles. The van der Waals surface area contributed by atoms with Crippen LogP contribution in [-0.4, -0.2) is 24.0 Å². The van der Waals surface area contributed by atoms with Gasteiger partial charge in [-0.15, -0.1) is 0 Å². The number of hydrogen-bond acceptors (Lipinski definition) is 6. The van der Waals surface area contributed by atoms with Gasteiger partial charge in [-0.25, -0.2) is 10.8 Å². The molecule has 0 atom stereocenters. The van der Waals surface area contributed by atoms with Crippen molar-refractivity contribution in [2.75, 3.05) is 10.3 Å². The summed E-state index contributed by atoms with van der Waals surface area (Å²) in [6, 6.07) is 11.4. The predicted octanol–water partition coefficient (Wildman–Crippen LogP) is 4.32. The van der Waals surface area contributed by atoms with E-state index in [1.165, 1.54) is 30.3 Å². The molecule has 7 N–H and O–H groups in total. The lowest BCUT2D eigenvalue weighted by atomic mass is 10.1. The number of anilines is 2. The first-order chi connectivity index (χ1) is 15.7. The van der Waals surface area contributed by atoms with E-state index in [-0.39, 0.29) is 23.4 Å². The highest BCUT2D eigenvalue weighted by Gasteiger charge is 2.38. The summed E-state index contributed by atoms with van der Waals surface area (Å²) in [5.41, 5.74) is 8.23. The molecule has 0 bridgehead atoms. The summed E-state index contributed by atoms with van der Waals surface area (Å²) in [6.45, 7) is 1.36. The third kappa shape index (κ3) is 7.55. The second-order valence-electron chi connectivity index (χ2n) is 6.86. The van der Waals surface area contributed by atoms with Crippen LogP contribution in [0.4, 0.5) is 43.4 Å². The van der Waals surface area contributed by atoms with E-state index in [4.69, 9.17) is 11.6 Å². The third-order valence-corrected chi connectivity index (χ3v) is 4.12. The van der Waals surface area contributed by atoms with Gasteiger partial charge in [0.2, 0.25) is 5.91 Å². The first kappa shape index (κ1) is 26.3. The van der Waals surface area contributed by atoms with Crippen molar-refractivity contribution in [1.82, 2.24) is 0 Å². The molecule has 1 amide bonds. The Bertz CT molecular complexity index is 1100. The van der Waals surface area contributed by atoms with Gasteiger partial charge < -0.3 is 16.8 Å². The average Bonchev–Trinajstić information content (AvgIpc) is 2.72. The van der Waals surface area contributed by atoms with Gasteiger partial charge in [-0.1, -0.05) is 12.1 Å². The van der Waals surface area contributed by atoms with Crippen LogP contribution in [0.3, 0.4) is 0 Å². The lowest BCUT2D eigenvalue weighted by molar-refractivity contribution is -0.114. The molecule has 2 rings (SSSR count). The number of hydrazine groups is 1. The van der Waals surface area contributed by atoms with Crippen LogP contribution in [0.1, 0.15) is 12.5 Å². The number of benzene rings is 2. The zero-order valence-electron chi connectivity index (χ0n) is 17.6. The van der Waals surface area contributed by atoms with E-state index in [2.05, 4.69) is 16.0 Å². The molecule has 0 aliphatic heterocycles. The van der Waals surface area contributed by atoms with Crippen LogP contribution < -0.4 is 27.6 Å². The van der Waals surface area contributed by atoms with Crippen molar-refractivity contribution < 1.29 is 31.1 Å². The van der Waals surface area contributed by atoms with Gasteiger partial charge in [0.05, 0.1) is 17.1 Å². The molecule has 182 valence electrons. The minimum Gasteiger partial charge on any atom is -0.397 e. The summed E-state index contributed by atoms with van der Waals surface area (Å²) in [6.07, 6.45) is -9.22. The molecule has 7 nitrogen and oxygen atoms in total. The molecule has 0 aromatic heterocycles. The van der Waals surface area contributed by atoms with Gasteiger partial charge in [0.25, 0.3) is 0 Å². The smallest absolute Gasteiger partial charge is 0.397 e. The molecule has 0 saturated carbocycles. The van der Waals surface area contributed by atoms with E-state index in [1.54, 1.807) is 24.3 Å². The van der Waals surface area contributed by atoms with Crippen LogP contribution in [0.25, 0.3) is 5.70 Å². The van der Waals surface area contributed by atoms with Crippen LogP contribution in [0.2, 0.25) is 0 Å². The Kier molecular flexibility index (Phi) is 7.95. The first-order valence-electron chi connectivity index (χ1n) is 9.36. The summed E-state index contributed by atoms with van der Waals surface area (Å²) < 4.78 is 76.8. The fraction of sp³-hybridized carbons (Fsp3) is 0.143. The lowest BCUT2D eigenvalue weighted by Crippen LogP contribution is -2.26. The number of allylic oxidation sites excluding steroid dienone is 2. The van der Waals surface area contributed by atoms with E-state index in [0.29, 0.717) is 16.9 Å². The zero-order valence-corrected chi connectivity index (χ0v) is 17.6. The van der Waals surface area contributed by atoms with Crippen molar-refractivity contribution in [1.29, 1.82) is 0 Å². The second kappa shape index (κ2) is 10.3. The van der Waals surface area contributed by atoms with Crippen LogP contribution >= 0.6 is 0 Å². The molecule has 13 heteroatoms. The summed E-state index contributed by atoms with van der Waals surface area (Å²) in [4.78, 5) is 14.3. The fourth-order valence-corrected chi connectivity index (χ4v) is 2.49. The standard InChI is InChI=1S/C21H20F6N6O/c1-12(34)31-14-6-8-16(9-7-14)33(30)11-17(28)13-2-4-15(5-3-13)32-19(21(25,26)27)10-18(29)20(22,23)24/h2-11H,28-30H2,1H3,(H,31,34)/b17-11-,18-10?,32-19?. The van der Waals surface area contributed by atoms with Crippen LogP contribution in [-0.2, 0) is 4.79 Å². The maximum absolute atomic E-state index is 13.1. The number of carbonyl (C=O) groups excluding carboxylic acids is 1. The molecule has 0 heterocycles. The monoisotopic (exact) mass is 486 g/mol. The molecule has 2 aromatic rings. The van der Waals surface area contributed by atoms with Gasteiger partial charge in [0.1, 0.15) is 11.4 Å². The van der Waals surface area contributed by atoms with E-state index >= 15 is 0 Å². The first-order valence-corrected chi connectivity index (χ1v) is 9.36. The number of alkyl halides is 6. The van der Waals surface area contributed by atoms with Crippen molar-refractivity contribution >= 4 is 34.4 Å². The highest BCUT2D eigenvalue weighted by atomic mass is 19.4. The zero-order chi connectivity index (χ0) is 25.7. The second-order valence-corrected chi connectivity index (χ2v) is 6.86. The number of amides is 1. The molecule has 2 aromatic carbocycles. The number of nitrogens with one attached hydrogen (secondary N) is 1. The molecule has 0 fully saturated rings. The number of hydrogen-bond donors (Lipinski definition) is 4. The van der Waals surface area contributed by atoms with Crippen molar-refractivity contribution in [2.24, 2.45) is 22.3 Å². The Morgan fingerprint density at radius 1 is 0.941 bits per heavy atom. The molecule has 0 aliphatic carbocycles. The minimum atomic E-state index is -5.16. The largest absolute Gasteiger partial charge is 0.433 e. The molecular formula is C21H20F6N6O. The quantitative estimate of drug-likeness (QED) is 0.210. The third-order valence-electron chi connectivity index (χ3n) is 4.12. The highest BCUT2D eigenvalue weighted by Crippen LogP contribution is 2.27. The Balaban J connectivity index is 2.24. The van der Waals surface area contributed by atoms with E-state index < -0.39 is 23.8 Å². The maximum atomic E-state index is 13.1. The highest BCUT2D eigenvalue weighted by molar-refractivity contribution is 6.01. The number of rotatable bonds is 6. The molecule has 0 spiro atoms. The number of aliphatic imine (C=N–C) groups is 1. The number of halogens is 6. The van der Waals surface area contributed by atoms with Gasteiger partial charge in [-0.3, -0.25) is 9.80 Å². The Morgan fingerprint density at radius 3 is 1.97 bits per heavy atom. The summed E-state index contributed by atoms with van der Waals surface area (Å²) in [5.74, 6) is 5.70. The molecule has 0 aliphatic rings. The predicted molar refractivity (Wildman–Crippen MR) is 117 cm³/mol. The number of nitrogens with two attached hydrogens (primary N) is 3. The van der Waals surface area contributed by atoms with Crippen molar-refractivity contribution in [3.05, 3.63) is 72.1 Å². The SMILES string of the molecule is CC(=O)Nc1ccc(N(N)/C=C(\N)c2ccc(N=C(C=C(N)C(F)(F)F)C(F)(F)F)cc2)cc1. The van der Waals surface area contributed by atoms with E-state index in [1.807, 2.05) is 0 Å². The summed E-state index contributed by atoms with van der Waals surface area (Å²) in [7, 11) is 0. The Morgan fingerprint density at radius 2 is 1.50 bits per heavy atom. The summed E-state index contributed by atoms with van der Waals surface area (Å²) >= 11 is 0. The number of nitrogens with zero attached hydrogens (tertiary/aromatic N) is 2. The van der Waals surface area contributed by atoms with Gasteiger partial charge in [-0.2, -0.15) is 26.3 Å². The van der Waals surface area contributed by atoms with E-state index in [0.717, 1.165) is 12.1 Å². The van der Waals surface area contributed by atoms with Crippen LogP contribution in [0, 0.1) is 0 Å². The Labute approximate surface area is 190 Å². The molecule has 34 heavy (non-hydrogen) atoms. The molecular weight excluding hydrogens is 466 g/mol. The average molecular weight is 486 g/mol. The van der Waals surface area contributed by atoms with Gasteiger partial charge in [0.15, 0.2) is 0 Å². The van der Waals surface area contributed by atoms with Crippen LogP contribution in [0.5, 0.6) is 0 Å². The Hall–Kier alpha value is -4.00. The molecule has 0 radical (unpaired) electrons. The minimum absolute atomic E-state index is 0.140. The maximum Gasteiger partial charge on any atom is 0.433 e. The van der Waals surface area contributed by atoms with Crippen molar-refractivity contribution in [3.63, 3.8) is 0 Å². The lowest BCUT2D eigenvalue weighted by Gasteiger charge is -2.16. The van der Waals surface area contributed by atoms with Gasteiger partial charge in [-0.05, 0) is 48.0 Å². The normalized spacial score (nSPS) is 13.6. The van der Waals surface area contributed by atoms with Crippen molar-refractivity contribution in [3.8, 4) is 0 Å². The molecule has 0 unspecified atom stereocenters. The van der Waals surface area contributed by atoms with E-state index in [9.17, 15) is 31.1 Å². The van der Waals surface area contributed by atoms with Gasteiger partial charge >= 0.3 is 12.4 Å². The van der Waals surface area contributed by atoms with Crippen molar-refractivity contribution in [2.45, 2.75) is 19.3 Å². The fourth-order valence-electron chi connectivity index (χ4n) is 2.49.